The van der Waals surface area contributed by atoms with E-state index in [9.17, 15) is 18.7 Å². The number of hydrogen-bond acceptors (Lipinski definition) is 8. The van der Waals surface area contributed by atoms with Gasteiger partial charge in [-0.1, -0.05) is 11.6 Å². The first kappa shape index (κ1) is 27.7. The van der Waals surface area contributed by atoms with Crippen LogP contribution in [-0.4, -0.2) is 42.8 Å². The number of aliphatic hydroxyl groups is 1. The van der Waals surface area contributed by atoms with Crippen LogP contribution in [0.1, 0.15) is 35.6 Å². The van der Waals surface area contributed by atoms with Gasteiger partial charge in [0.25, 0.3) is 5.56 Å². The Morgan fingerprint density at radius 1 is 1.12 bits per heavy atom. The second-order valence-electron chi connectivity index (χ2n) is 9.34. The molecule has 40 heavy (non-hydrogen) atoms. The molecule has 0 radical (unpaired) electrons. The van der Waals surface area contributed by atoms with E-state index in [4.69, 9.17) is 21.1 Å². The Labute approximate surface area is 231 Å². The third-order valence-electron chi connectivity index (χ3n) is 6.58. The summed E-state index contributed by atoms with van der Waals surface area (Å²) in [5.74, 6) is -2.55. The highest BCUT2D eigenvalue weighted by atomic mass is 35.5. The van der Waals surface area contributed by atoms with Gasteiger partial charge in [0.2, 0.25) is 0 Å². The Morgan fingerprint density at radius 3 is 2.60 bits per heavy atom. The van der Waals surface area contributed by atoms with Crippen molar-refractivity contribution in [2.45, 2.75) is 38.9 Å². The van der Waals surface area contributed by atoms with Gasteiger partial charge in [-0.25, -0.2) is 23.1 Å². The van der Waals surface area contributed by atoms with Crippen molar-refractivity contribution in [2.24, 2.45) is 0 Å². The summed E-state index contributed by atoms with van der Waals surface area (Å²) in [6.07, 6.45) is 4.22. The van der Waals surface area contributed by atoms with Gasteiger partial charge in [0, 0.05) is 56.3 Å². The molecule has 1 aliphatic rings. The Kier molecular flexibility index (Phi) is 7.58. The maximum absolute atomic E-state index is 16.1. The van der Waals surface area contributed by atoms with Crippen molar-refractivity contribution >= 4 is 11.6 Å². The van der Waals surface area contributed by atoms with Crippen molar-refractivity contribution in [1.29, 1.82) is 0 Å². The Hall–Kier alpha value is -3.87. The highest BCUT2D eigenvalue weighted by molar-refractivity contribution is 6.31. The lowest BCUT2D eigenvalue weighted by atomic mass is 9.93. The summed E-state index contributed by atoms with van der Waals surface area (Å²) in [7, 11) is 0. The number of pyridine rings is 3. The fourth-order valence-corrected chi connectivity index (χ4v) is 4.62. The van der Waals surface area contributed by atoms with Crippen LogP contribution in [-0.2, 0) is 16.9 Å². The zero-order valence-electron chi connectivity index (χ0n) is 21.4. The minimum Gasteiger partial charge on any atom is -0.485 e. The van der Waals surface area contributed by atoms with Gasteiger partial charge in [-0.05, 0) is 25.5 Å². The lowest BCUT2D eigenvalue weighted by Crippen LogP contribution is -2.35. The summed E-state index contributed by atoms with van der Waals surface area (Å²) in [6, 6.07) is 3.51. The monoisotopic (exact) mass is 573 g/mol. The summed E-state index contributed by atoms with van der Waals surface area (Å²) in [6.45, 7) is 3.38. The molecule has 0 amide bonds. The van der Waals surface area contributed by atoms with Gasteiger partial charge >= 0.3 is 0 Å². The summed E-state index contributed by atoms with van der Waals surface area (Å²) >= 11 is 6.31. The number of ether oxygens (including phenoxy) is 2. The number of nitrogens with zero attached hydrogens (tertiary/aromatic N) is 5. The summed E-state index contributed by atoms with van der Waals surface area (Å²) in [5, 5.41) is 10.6. The molecule has 0 spiro atoms. The van der Waals surface area contributed by atoms with E-state index in [-0.39, 0.29) is 57.9 Å². The van der Waals surface area contributed by atoms with Gasteiger partial charge in [-0.2, -0.15) is 0 Å². The second kappa shape index (κ2) is 11.0. The van der Waals surface area contributed by atoms with Crippen molar-refractivity contribution in [3.05, 3.63) is 92.4 Å². The molecular weight excluding hydrogens is 551 g/mol. The fraction of sp³-hybridized carbons (Fsp3) is 0.296. The van der Waals surface area contributed by atoms with Crippen LogP contribution in [0.4, 0.5) is 13.2 Å². The largest absolute Gasteiger partial charge is 0.485 e. The number of aryl methyl sites for hydroxylation is 2. The zero-order chi connectivity index (χ0) is 28.6. The van der Waals surface area contributed by atoms with Crippen LogP contribution < -0.4 is 10.3 Å². The standard InChI is InChI=1S/C27H23ClF3N5O4/c1-14-11-34-23(18-3-6-32-26(35-18)27(38)4-7-39-8-5-27)22(31)24(14)36-15(2)9-20(21(28)25(36)37)40-13-19-17(30)10-16(29)12-33-19/h3,6,9-12,38H,4-5,7-8,13H2,1-2H3. The third-order valence-corrected chi connectivity index (χ3v) is 6.93. The van der Waals surface area contributed by atoms with Crippen LogP contribution in [0.25, 0.3) is 17.1 Å². The van der Waals surface area contributed by atoms with E-state index in [0.29, 0.717) is 24.8 Å². The number of aromatic nitrogens is 5. The van der Waals surface area contributed by atoms with E-state index < -0.39 is 35.2 Å². The summed E-state index contributed by atoms with van der Waals surface area (Å²) < 4.78 is 55.1. The van der Waals surface area contributed by atoms with E-state index in [2.05, 4.69) is 19.9 Å². The van der Waals surface area contributed by atoms with Crippen molar-refractivity contribution in [2.75, 3.05) is 13.2 Å². The number of hydrogen-bond donors (Lipinski definition) is 1. The van der Waals surface area contributed by atoms with Gasteiger partial charge in [0.1, 0.15) is 40.2 Å². The quantitative estimate of drug-likeness (QED) is 0.362. The summed E-state index contributed by atoms with van der Waals surface area (Å²) in [5.41, 5.74) is -1.83. The van der Waals surface area contributed by atoms with Gasteiger partial charge < -0.3 is 14.6 Å². The molecule has 0 saturated carbocycles. The SMILES string of the molecule is Cc1cnc(-c2ccnc(C3(O)CCOCC3)n2)c(F)c1-n1c(C)cc(OCc2ncc(F)cc2F)c(Cl)c1=O. The molecule has 0 atom stereocenters. The van der Waals surface area contributed by atoms with Gasteiger partial charge in [-0.3, -0.25) is 19.3 Å². The molecule has 208 valence electrons. The van der Waals surface area contributed by atoms with Crippen LogP contribution >= 0.6 is 11.6 Å². The van der Waals surface area contributed by atoms with Crippen molar-refractivity contribution in [3.8, 4) is 22.8 Å². The van der Waals surface area contributed by atoms with E-state index >= 15 is 4.39 Å². The highest BCUT2D eigenvalue weighted by Crippen LogP contribution is 2.33. The van der Waals surface area contributed by atoms with Crippen molar-refractivity contribution in [1.82, 2.24) is 24.5 Å². The first-order valence-electron chi connectivity index (χ1n) is 12.2. The van der Waals surface area contributed by atoms with Gasteiger partial charge in [0.15, 0.2) is 17.5 Å². The van der Waals surface area contributed by atoms with Crippen LogP contribution in [0.3, 0.4) is 0 Å². The van der Waals surface area contributed by atoms with Gasteiger partial charge in [-0.15, -0.1) is 0 Å². The lowest BCUT2D eigenvalue weighted by Gasteiger charge is -2.30. The van der Waals surface area contributed by atoms with Gasteiger partial charge in [0.05, 0.1) is 17.6 Å². The molecule has 1 N–H and O–H groups in total. The third kappa shape index (κ3) is 5.17. The smallest absolute Gasteiger partial charge is 0.278 e. The van der Waals surface area contributed by atoms with Crippen molar-refractivity contribution in [3.63, 3.8) is 0 Å². The Morgan fingerprint density at radius 2 is 1.88 bits per heavy atom. The van der Waals surface area contributed by atoms with Crippen LogP contribution in [0.15, 0.2) is 41.6 Å². The molecule has 0 aromatic carbocycles. The average Bonchev–Trinajstić information content (AvgIpc) is 2.93. The van der Waals surface area contributed by atoms with E-state index in [1.807, 2.05) is 0 Å². The molecule has 4 aromatic rings. The topological polar surface area (TPSA) is 112 Å². The molecule has 5 rings (SSSR count). The summed E-state index contributed by atoms with van der Waals surface area (Å²) in [4.78, 5) is 29.8. The maximum Gasteiger partial charge on any atom is 0.278 e. The molecule has 13 heteroatoms. The molecule has 4 aromatic heterocycles. The molecule has 0 bridgehead atoms. The first-order chi connectivity index (χ1) is 19.1. The van der Waals surface area contributed by atoms with E-state index in [0.717, 1.165) is 10.8 Å². The van der Waals surface area contributed by atoms with E-state index in [1.54, 1.807) is 13.8 Å². The molecular formula is C27H23ClF3N5O4. The predicted octanol–water partition coefficient (Wildman–Crippen LogP) is 4.35. The Balaban J connectivity index is 1.53. The fourth-order valence-electron chi connectivity index (χ4n) is 4.42. The number of halogens is 4. The molecule has 1 aliphatic heterocycles. The minimum absolute atomic E-state index is 0.0802. The van der Waals surface area contributed by atoms with E-state index in [1.165, 1.54) is 24.5 Å². The molecule has 1 saturated heterocycles. The molecule has 0 unspecified atom stereocenters. The predicted molar refractivity (Wildman–Crippen MR) is 138 cm³/mol. The second-order valence-corrected chi connectivity index (χ2v) is 9.72. The molecule has 9 nitrogen and oxygen atoms in total. The Bertz CT molecular complexity index is 1660. The number of rotatable bonds is 6. The molecule has 5 heterocycles. The van der Waals surface area contributed by atoms with Crippen LogP contribution in [0, 0.1) is 31.3 Å². The lowest BCUT2D eigenvalue weighted by molar-refractivity contribution is -0.0733. The minimum atomic E-state index is -1.32. The average molecular weight is 574 g/mol. The molecule has 1 fully saturated rings. The zero-order valence-corrected chi connectivity index (χ0v) is 22.2. The molecule has 0 aliphatic carbocycles. The highest BCUT2D eigenvalue weighted by Gasteiger charge is 2.35. The van der Waals surface area contributed by atoms with Crippen molar-refractivity contribution < 1.29 is 27.8 Å². The van der Waals surface area contributed by atoms with Crippen LogP contribution in [0.2, 0.25) is 5.02 Å². The van der Waals surface area contributed by atoms with Crippen LogP contribution in [0.5, 0.6) is 5.75 Å². The normalized spacial score (nSPS) is 14.8. The maximum atomic E-state index is 16.1. The first-order valence-corrected chi connectivity index (χ1v) is 12.6.